The van der Waals surface area contributed by atoms with Gasteiger partial charge in [0.15, 0.2) is 0 Å². The van der Waals surface area contributed by atoms with Gasteiger partial charge >= 0.3 is 0 Å². The molecule has 1 fully saturated rings. The van der Waals surface area contributed by atoms with Crippen molar-refractivity contribution >= 4 is 29.9 Å². The van der Waals surface area contributed by atoms with E-state index in [4.69, 9.17) is 0 Å². The van der Waals surface area contributed by atoms with Crippen LogP contribution in [0.3, 0.4) is 0 Å². The highest BCUT2D eigenvalue weighted by atomic mass is 35.5. The Bertz CT molecular complexity index is 459. The Balaban J connectivity index is 0.00000220. The molecule has 0 bridgehead atoms. The number of nitrogens with one attached hydrogen (secondary N) is 2. The third kappa shape index (κ3) is 5.02. The standard InChI is InChI=1S/C15H21N3O2.ClH/c1-16-11-14(19)18-9-7-12(8-10-18)15(20)17-13-5-3-2-4-6-13;/h2-6,12,16H,7-11H2,1H3,(H,17,20);1H. The first-order valence-corrected chi connectivity index (χ1v) is 6.99. The SMILES string of the molecule is CNCC(=O)N1CCC(C(=O)Nc2ccccc2)CC1.Cl. The number of likely N-dealkylation sites (N-methyl/N-ethyl adjacent to an activating group) is 1. The van der Waals surface area contributed by atoms with Gasteiger partial charge in [-0.1, -0.05) is 18.2 Å². The zero-order valence-corrected chi connectivity index (χ0v) is 13.0. The third-order valence-electron chi connectivity index (χ3n) is 3.59. The molecule has 0 atom stereocenters. The van der Waals surface area contributed by atoms with E-state index in [1.54, 1.807) is 7.05 Å². The zero-order chi connectivity index (χ0) is 14.4. The molecular formula is C15H22ClN3O2. The van der Waals surface area contributed by atoms with Gasteiger partial charge in [0, 0.05) is 24.7 Å². The molecule has 0 aliphatic carbocycles. The predicted octanol–water partition coefficient (Wildman–Crippen LogP) is 1.50. The van der Waals surface area contributed by atoms with E-state index in [0.29, 0.717) is 19.6 Å². The number of amides is 2. The van der Waals surface area contributed by atoms with Crippen molar-refractivity contribution in [2.24, 2.45) is 5.92 Å². The Labute approximate surface area is 131 Å². The van der Waals surface area contributed by atoms with E-state index < -0.39 is 0 Å². The summed E-state index contributed by atoms with van der Waals surface area (Å²) < 4.78 is 0. The lowest BCUT2D eigenvalue weighted by Gasteiger charge is -2.31. The maximum Gasteiger partial charge on any atom is 0.236 e. The molecule has 21 heavy (non-hydrogen) atoms. The normalized spacial score (nSPS) is 15.2. The molecule has 1 aromatic rings. The molecule has 0 unspecified atom stereocenters. The highest BCUT2D eigenvalue weighted by molar-refractivity contribution is 5.92. The van der Waals surface area contributed by atoms with Crippen molar-refractivity contribution in [2.45, 2.75) is 12.8 Å². The highest BCUT2D eigenvalue weighted by Gasteiger charge is 2.26. The minimum atomic E-state index is -0.00570. The fourth-order valence-electron chi connectivity index (χ4n) is 2.42. The van der Waals surface area contributed by atoms with Crippen LogP contribution < -0.4 is 10.6 Å². The third-order valence-corrected chi connectivity index (χ3v) is 3.59. The molecule has 1 aliphatic heterocycles. The van der Waals surface area contributed by atoms with Crippen LogP contribution in [0.4, 0.5) is 5.69 Å². The van der Waals surface area contributed by atoms with Crippen LogP contribution in [-0.4, -0.2) is 43.4 Å². The minimum Gasteiger partial charge on any atom is -0.342 e. The lowest BCUT2D eigenvalue weighted by Crippen LogP contribution is -2.44. The van der Waals surface area contributed by atoms with Gasteiger partial charge in [-0.2, -0.15) is 0 Å². The van der Waals surface area contributed by atoms with Crippen molar-refractivity contribution < 1.29 is 9.59 Å². The minimum absolute atomic E-state index is 0. The number of halogens is 1. The Morgan fingerprint density at radius 1 is 1.19 bits per heavy atom. The second-order valence-corrected chi connectivity index (χ2v) is 5.04. The summed E-state index contributed by atoms with van der Waals surface area (Å²) in [6.45, 7) is 1.68. The van der Waals surface area contributed by atoms with Crippen LogP contribution in [0.5, 0.6) is 0 Å². The number of rotatable bonds is 4. The number of hydrogen-bond acceptors (Lipinski definition) is 3. The number of carbonyl (C=O) groups excluding carboxylic acids is 2. The summed E-state index contributed by atoms with van der Waals surface area (Å²) in [6, 6.07) is 9.47. The van der Waals surface area contributed by atoms with E-state index in [2.05, 4.69) is 10.6 Å². The van der Waals surface area contributed by atoms with Gasteiger partial charge in [0.2, 0.25) is 11.8 Å². The van der Waals surface area contributed by atoms with E-state index in [9.17, 15) is 9.59 Å². The number of hydrogen-bond donors (Lipinski definition) is 2. The van der Waals surface area contributed by atoms with Gasteiger partial charge in [-0.05, 0) is 32.0 Å². The number of likely N-dealkylation sites (tertiary alicyclic amines) is 1. The molecule has 116 valence electrons. The van der Waals surface area contributed by atoms with E-state index in [1.807, 2.05) is 35.2 Å². The van der Waals surface area contributed by atoms with Crippen LogP contribution in [-0.2, 0) is 9.59 Å². The number of anilines is 1. The summed E-state index contributed by atoms with van der Waals surface area (Å²) in [5.41, 5.74) is 0.825. The van der Waals surface area contributed by atoms with Crippen molar-refractivity contribution in [1.29, 1.82) is 0 Å². The van der Waals surface area contributed by atoms with Crippen LogP contribution in [0.1, 0.15) is 12.8 Å². The van der Waals surface area contributed by atoms with Crippen molar-refractivity contribution in [3.8, 4) is 0 Å². The Kier molecular flexibility index (Phi) is 7.19. The molecule has 2 rings (SSSR count). The topological polar surface area (TPSA) is 61.4 Å². The molecular weight excluding hydrogens is 290 g/mol. The number of piperidine rings is 1. The fraction of sp³-hybridized carbons (Fsp3) is 0.467. The Morgan fingerprint density at radius 3 is 2.38 bits per heavy atom. The second kappa shape index (κ2) is 8.64. The summed E-state index contributed by atoms with van der Waals surface area (Å²) in [4.78, 5) is 25.7. The van der Waals surface area contributed by atoms with Crippen LogP contribution in [0.15, 0.2) is 30.3 Å². The number of nitrogens with zero attached hydrogens (tertiary/aromatic N) is 1. The quantitative estimate of drug-likeness (QED) is 0.886. The molecule has 1 saturated heterocycles. The highest BCUT2D eigenvalue weighted by Crippen LogP contribution is 2.19. The van der Waals surface area contributed by atoms with Gasteiger partial charge in [0.25, 0.3) is 0 Å². The zero-order valence-electron chi connectivity index (χ0n) is 12.2. The van der Waals surface area contributed by atoms with Crippen LogP contribution in [0.25, 0.3) is 0 Å². The summed E-state index contributed by atoms with van der Waals surface area (Å²) in [5.74, 6) is 0.153. The fourth-order valence-corrected chi connectivity index (χ4v) is 2.42. The summed E-state index contributed by atoms with van der Waals surface area (Å²) in [6.07, 6.45) is 1.46. The Morgan fingerprint density at radius 2 is 1.81 bits per heavy atom. The average Bonchev–Trinajstić information content (AvgIpc) is 2.48. The number of carbonyl (C=O) groups is 2. The molecule has 0 saturated carbocycles. The van der Waals surface area contributed by atoms with Crippen molar-refractivity contribution in [3.05, 3.63) is 30.3 Å². The number of benzene rings is 1. The van der Waals surface area contributed by atoms with Gasteiger partial charge in [-0.25, -0.2) is 0 Å². The molecule has 2 N–H and O–H groups in total. The van der Waals surface area contributed by atoms with Crippen molar-refractivity contribution in [2.75, 3.05) is 32.0 Å². The molecule has 0 radical (unpaired) electrons. The first-order chi connectivity index (χ1) is 9.70. The van der Waals surface area contributed by atoms with E-state index in [-0.39, 0.29) is 30.1 Å². The van der Waals surface area contributed by atoms with Crippen LogP contribution in [0, 0.1) is 5.92 Å². The smallest absolute Gasteiger partial charge is 0.236 e. The second-order valence-electron chi connectivity index (χ2n) is 5.04. The molecule has 1 aliphatic rings. The van der Waals surface area contributed by atoms with Crippen LogP contribution >= 0.6 is 12.4 Å². The van der Waals surface area contributed by atoms with Crippen LogP contribution in [0.2, 0.25) is 0 Å². The van der Waals surface area contributed by atoms with Gasteiger partial charge in [0.1, 0.15) is 0 Å². The average molecular weight is 312 g/mol. The van der Waals surface area contributed by atoms with E-state index in [0.717, 1.165) is 18.5 Å². The Hall–Kier alpha value is -1.59. The lowest BCUT2D eigenvalue weighted by atomic mass is 9.95. The molecule has 1 aromatic carbocycles. The van der Waals surface area contributed by atoms with Gasteiger partial charge in [-0.3, -0.25) is 9.59 Å². The molecule has 5 nitrogen and oxygen atoms in total. The summed E-state index contributed by atoms with van der Waals surface area (Å²) in [5, 5.41) is 5.79. The maximum absolute atomic E-state index is 12.1. The first-order valence-electron chi connectivity index (χ1n) is 6.99. The van der Waals surface area contributed by atoms with Gasteiger partial charge in [0.05, 0.1) is 6.54 Å². The molecule has 1 heterocycles. The molecule has 0 spiro atoms. The molecule has 0 aromatic heterocycles. The van der Waals surface area contributed by atoms with Crippen molar-refractivity contribution in [1.82, 2.24) is 10.2 Å². The van der Waals surface area contributed by atoms with Gasteiger partial charge in [-0.15, -0.1) is 12.4 Å². The molecule has 2 amide bonds. The van der Waals surface area contributed by atoms with E-state index >= 15 is 0 Å². The largest absolute Gasteiger partial charge is 0.342 e. The van der Waals surface area contributed by atoms with E-state index in [1.165, 1.54) is 0 Å². The predicted molar refractivity (Wildman–Crippen MR) is 85.6 cm³/mol. The maximum atomic E-state index is 12.1. The lowest BCUT2D eigenvalue weighted by molar-refractivity contribution is -0.133. The van der Waals surface area contributed by atoms with Gasteiger partial charge < -0.3 is 15.5 Å². The molecule has 6 heteroatoms. The number of para-hydroxylation sites is 1. The summed E-state index contributed by atoms with van der Waals surface area (Å²) in [7, 11) is 1.76. The monoisotopic (exact) mass is 311 g/mol. The summed E-state index contributed by atoms with van der Waals surface area (Å²) >= 11 is 0. The first kappa shape index (κ1) is 17.5. The van der Waals surface area contributed by atoms with Crippen molar-refractivity contribution in [3.63, 3.8) is 0 Å².